The van der Waals surface area contributed by atoms with Gasteiger partial charge in [-0.25, -0.2) is 4.39 Å². The standard InChI is InChI=1S/C20H32FN3O/c1-4-23-9-11-24(12-10-23)20-8-6-17(21)13-19(20)16(3)22-14-18-7-5-15(2)25-18/h6,8,13,15-16,18,22H,4-5,7,9-12,14H2,1-3H3/t15-,16+,18-/m1/s1. The number of hydrogen-bond acceptors (Lipinski definition) is 4. The molecule has 0 bridgehead atoms. The van der Waals surface area contributed by atoms with Crippen LogP contribution in [-0.2, 0) is 4.74 Å². The van der Waals surface area contributed by atoms with Crippen LogP contribution in [0.3, 0.4) is 0 Å². The van der Waals surface area contributed by atoms with Crippen LogP contribution in [0.5, 0.6) is 0 Å². The van der Waals surface area contributed by atoms with Crippen LogP contribution < -0.4 is 10.2 Å². The summed E-state index contributed by atoms with van der Waals surface area (Å²) < 4.78 is 19.8. The third-order valence-corrected chi connectivity index (χ3v) is 5.59. The molecule has 5 heteroatoms. The number of benzene rings is 1. The molecule has 25 heavy (non-hydrogen) atoms. The fraction of sp³-hybridized carbons (Fsp3) is 0.700. The third-order valence-electron chi connectivity index (χ3n) is 5.59. The normalized spacial score (nSPS) is 26.2. The maximum Gasteiger partial charge on any atom is 0.123 e. The minimum absolute atomic E-state index is 0.106. The summed E-state index contributed by atoms with van der Waals surface area (Å²) >= 11 is 0. The predicted octanol–water partition coefficient (Wildman–Crippen LogP) is 3.19. The molecule has 2 fully saturated rings. The van der Waals surface area contributed by atoms with Gasteiger partial charge in [-0.1, -0.05) is 6.92 Å². The molecule has 0 radical (unpaired) electrons. The van der Waals surface area contributed by atoms with Crippen LogP contribution in [0, 0.1) is 5.82 Å². The number of anilines is 1. The highest BCUT2D eigenvalue weighted by Gasteiger charge is 2.24. The molecule has 3 atom stereocenters. The molecule has 0 amide bonds. The highest BCUT2D eigenvalue weighted by Crippen LogP contribution is 2.29. The highest BCUT2D eigenvalue weighted by molar-refractivity contribution is 5.55. The number of piperazine rings is 1. The van der Waals surface area contributed by atoms with Gasteiger partial charge in [0.05, 0.1) is 12.2 Å². The van der Waals surface area contributed by atoms with Gasteiger partial charge in [0, 0.05) is 44.5 Å². The SMILES string of the molecule is CCN1CCN(c2ccc(F)cc2[C@H](C)NC[C@H]2CC[C@@H](C)O2)CC1. The van der Waals surface area contributed by atoms with E-state index >= 15 is 0 Å². The smallest absolute Gasteiger partial charge is 0.123 e. The molecule has 0 aromatic heterocycles. The molecule has 3 rings (SSSR count). The molecule has 1 aromatic carbocycles. The van der Waals surface area contributed by atoms with Gasteiger partial charge in [0.1, 0.15) is 5.82 Å². The third kappa shape index (κ3) is 4.72. The molecule has 2 aliphatic rings. The topological polar surface area (TPSA) is 27.7 Å². The lowest BCUT2D eigenvalue weighted by atomic mass is 10.0. The lowest BCUT2D eigenvalue weighted by molar-refractivity contribution is 0.0546. The van der Waals surface area contributed by atoms with Gasteiger partial charge in [0.15, 0.2) is 0 Å². The van der Waals surface area contributed by atoms with Crippen molar-refractivity contribution < 1.29 is 9.13 Å². The summed E-state index contributed by atoms with van der Waals surface area (Å²) in [5.41, 5.74) is 2.22. The lowest BCUT2D eigenvalue weighted by Crippen LogP contribution is -2.46. The zero-order valence-corrected chi connectivity index (χ0v) is 15.8. The molecule has 0 spiro atoms. The Hall–Kier alpha value is -1.17. The van der Waals surface area contributed by atoms with Crippen LogP contribution in [0.4, 0.5) is 10.1 Å². The summed E-state index contributed by atoms with van der Waals surface area (Å²) in [4.78, 5) is 4.85. The lowest BCUT2D eigenvalue weighted by Gasteiger charge is -2.37. The van der Waals surface area contributed by atoms with Crippen molar-refractivity contribution in [2.45, 2.75) is 51.9 Å². The molecule has 1 aromatic rings. The molecular weight excluding hydrogens is 317 g/mol. The number of rotatable bonds is 6. The van der Waals surface area contributed by atoms with E-state index in [1.54, 1.807) is 12.1 Å². The van der Waals surface area contributed by atoms with Crippen molar-refractivity contribution >= 4 is 5.69 Å². The number of nitrogens with zero attached hydrogens (tertiary/aromatic N) is 2. The number of halogens is 1. The van der Waals surface area contributed by atoms with E-state index in [-0.39, 0.29) is 18.0 Å². The maximum atomic E-state index is 13.9. The van der Waals surface area contributed by atoms with Gasteiger partial charge in [-0.15, -0.1) is 0 Å². The largest absolute Gasteiger partial charge is 0.374 e. The van der Waals surface area contributed by atoms with Crippen molar-refractivity contribution in [3.05, 3.63) is 29.6 Å². The second-order valence-electron chi connectivity index (χ2n) is 7.40. The fourth-order valence-corrected chi connectivity index (χ4v) is 3.92. The van der Waals surface area contributed by atoms with Gasteiger partial charge in [-0.2, -0.15) is 0 Å². The van der Waals surface area contributed by atoms with E-state index in [0.29, 0.717) is 6.10 Å². The van der Waals surface area contributed by atoms with Gasteiger partial charge in [-0.3, -0.25) is 0 Å². The van der Waals surface area contributed by atoms with Crippen LogP contribution in [0.2, 0.25) is 0 Å². The zero-order valence-electron chi connectivity index (χ0n) is 15.8. The van der Waals surface area contributed by atoms with Crippen LogP contribution in [0.1, 0.15) is 45.2 Å². The predicted molar refractivity (Wildman–Crippen MR) is 101 cm³/mol. The summed E-state index contributed by atoms with van der Waals surface area (Å²) in [6, 6.07) is 5.32. The van der Waals surface area contributed by atoms with Gasteiger partial charge in [-0.05, 0) is 57.0 Å². The van der Waals surface area contributed by atoms with Crippen LogP contribution in [-0.4, -0.2) is 56.4 Å². The number of ether oxygens (including phenoxy) is 1. The molecule has 0 unspecified atom stereocenters. The quantitative estimate of drug-likeness (QED) is 0.854. The van der Waals surface area contributed by atoms with E-state index in [0.717, 1.165) is 63.4 Å². The van der Waals surface area contributed by atoms with E-state index in [1.807, 2.05) is 6.07 Å². The fourth-order valence-electron chi connectivity index (χ4n) is 3.92. The van der Waals surface area contributed by atoms with Crippen molar-refractivity contribution in [1.82, 2.24) is 10.2 Å². The molecule has 1 N–H and O–H groups in total. The first-order valence-electron chi connectivity index (χ1n) is 9.72. The Morgan fingerprint density at radius 2 is 2.00 bits per heavy atom. The van der Waals surface area contributed by atoms with Crippen LogP contribution in [0.25, 0.3) is 0 Å². The Labute approximate surface area is 151 Å². The summed E-state index contributed by atoms with van der Waals surface area (Å²) in [5.74, 6) is -0.162. The van der Waals surface area contributed by atoms with Crippen molar-refractivity contribution in [3.8, 4) is 0 Å². The second kappa shape index (κ2) is 8.47. The minimum Gasteiger partial charge on any atom is -0.374 e. The molecule has 2 saturated heterocycles. The Morgan fingerprint density at radius 3 is 2.64 bits per heavy atom. The second-order valence-corrected chi connectivity index (χ2v) is 7.40. The number of likely N-dealkylation sites (N-methyl/N-ethyl adjacent to an activating group) is 1. The Bertz CT molecular complexity index is 560. The number of nitrogens with one attached hydrogen (secondary N) is 1. The first-order valence-corrected chi connectivity index (χ1v) is 9.72. The van der Waals surface area contributed by atoms with E-state index in [1.165, 1.54) is 0 Å². The van der Waals surface area contributed by atoms with E-state index in [2.05, 4.69) is 35.9 Å². The summed E-state index contributed by atoms with van der Waals surface area (Å²) in [6.07, 6.45) is 2.88. The molecule has 140 valence electrons. The molecular formula is C20H32FN3O. The van der Waals surface area contributed by atoms with Crippen molar-refractivity contribution in [2.24, 2.45) is 0 Å². The highest BCUT2D eigenvalue weighted by atomic mass is 19.1. The molecule has 0 saturated carbocycles. The number of hydrogen-bond donors (Lipinski definition) is 1. The summed E-state index contributed by atoms with van der Waals surface area (Å²) in [5, 5.41) is 3.56. The first kappa shape index (κ1) is 18.6. The Morgan fingerprint density at radius 1 is 1.24 bits per heavy atom. The molecule has 4 nitrogen and oxygen atoms in total. The van der Waals surface area contributed by atoms with Gasteiger partial charge < -0.3 is 19.9 Å². The monoisotopic (exact) mass is 349 g/mol. The minimum atomic E-state index is -0.162. The average molecular weight is 349 g/mol. The molecule has 2 heterocycles. The van der Waals surface area contributed by atoms with Gasteiger partial charge in [0.25, 0.3) is 0 Å². The Kier molecular flexibility index (Phi) is 6.31. The van der Waals surface area contributed by atoms with Gasteiger partial charge in [0.2, 0.25) is 0 Å². The Balaban J connectivity index is 1.66. The van der Waals surface area contributed by atoms with Gasteiger partial charge >= 0.3 is 0 Å². The van der Waals surface area contributed by atoms with Crippen molar-refractivity contribution in [2.75, 3.05) is 44.2 Å². The molecule has 2 aliphatic heterocycles. The first-order chi connectivity index (χ1) is 12.1. The molecule has 0 aliphatic carbocycles. The van der Waals surface area contributed by atoms with Crippen LogP contribution in [0.15, 0.2) is 18.2 Å². The van der Waals surface area contributed by atoms with E-state index in [4.69, 9.17) is 4.74 Å². The zero-order chi connectivity index (χ0) is 17.8. The van der Waals surface area contributed by atoms with E-state index < -0.39 is 0 Å². The summed E-state index contributed by atoms with van der Waals surface area (Å²) in [7, 11) is 0. The van der Waals surface area contributed by atoms with Crippen LogP contribution >= 0.6 is 0 Å². The average Bonchev–Trinajstić information content (AvgIpc) is 3.05. The van der Waals surface area contributed by atoms with Crippen molar-refractivity contribution in [1.29, 1.82) is 0 Å². The summed E-state index contributed by atoms with van der Waals surface area (Å²) in [6.45, 7) is 12.5. The maximum absolute atomic E-state index is 13.9. The van der Waals surface area contributed by atoms with E-state index in [9.17, 15) is 4.39 Å². The van der Waals surface area contributed by atoms with Crippen molar-refractivity contribution in [3.63, 3.8) is 0 Å².